The zero-order valence-corrected chi connectivity index (χ0v) is 20.0. The number of rotatable bonds is 11. The fourth-order valence-electron chi connectivity index (χ4n) is 3.56. The zero-order valence-electron chi connectivity index (χ0n) is 19.2. The van der Waals surface area contributed by atoms with Crippen molar-refractivity contribution >= 4 is 21.6 Å². The minimum absolute atomic E-state index is 0.111. The fourth-order valence-corrected chi connectivity index (χ4v) is 4.89. The van der Waals surface area contributed by atoms with Crippen LogP contribution >= 0.6 is 0 Å². The molecule has 1 aliphatic heterocycles. The highest BCUT2D eigenvalue weighted by atomic mass is 32.2. The van der Waals surface area contributed by atoms with Gasteiger partial charge in [0.05, 0.1) is 18.4 Å². The quantitative estimate of drug-likeness (QED) is 0.318. The number of hydrogen-bond acceptors (Lipinski definition) is 7. The highest BCUT2D eigenvalue weighted by Gasteiger charge is 2.25. The molecule has 1 heterocycles. The molecule has 0 spiro atoms. The largest absolute Gasteiger partial charge is 0.465 e. The van der Waals surface area contributed by atoms with Crippen molar-refractivity contribution in [2.75, 3.05) is 38.7 Å². The monoisotopic (exact) mass is 475 g/mol. The Morgan fingerprint density at radius 1 is 1.21 bits per heavy atom. The lowest BCUT2D eigenvalue weighted by Gasteiger charge is -2.24. The number of ether oxygens (including phenoxy) is 3. The van der Waals surface area contributed by atoms with E-state index in [0.29, 0.717) is 37.7 Å². The molecule has 2 aromatic rings. The van der Waals surface area contributed by atoms with Crippen LogP contribution in [0.1, 0.15) is 43.0 Å². The predicted octanol–water partition coefficient (Wildman–Crippen LogP) is 4.81. The van der Waals surface area contributed by atoms with Crippen LogP contribution in [-0.4, -0.2) is 43.6 Å². The summed E-state index contributed by atoms with van der Waals surface area (Å²) in [6, 6.07) is 12.2. The average molecular weight is 476 g/mol. The molecule has 9 heteroatoms. The summed E-state index contributed by atoms with van der Waals surface area (Å²) in [6.07, 6.45) is 3.58. The number of para-hydroxylation sites is 1. The van der Waals surface area contributed by atoms with E-state index in [0.717, 1.165) is 25.7 Å². The van der Waals surface area contributed by atoms with E-state index in [9.17, 15) is 9.00 Å². The molecule has 0 amide bonds. The maximum Gasteiger partial charge on any atom is 0.337 e. The Bertz CT molecular complexity index is 1020. The molecule has 0 bridgehead atoms. The Morgan fingerprint density at radius 2 is 1.94 bits per heavy atom. The SMILES string of the molecule is CCCCNc1cc(C(=O)OC)cc(S(=N)(=O)NCC2CCOCC2)c1Oc1ccccc1. The number of carbonyl (C=O) groups is 1. The van der Waals surface area contributed by atoms with Gasteiger partial charge >= 0.3 is 5.97 Å². The molecule has 0 aromatic heterocycles. The van der Waals surface area contributed by atoms with Gasteiger partial charge < -0.3 is 19.5 Å². The molecule has 0 radical (unpaired) electrons. The number of carbonyl (C=O) groups excluding carboxylic acids is 1. The number of nitrogens with one attached hydrogen (secondary N) is 3. The Kier molecular flexibility index (Phi) is 9.11. The van der Waals surface area contributed by atoms with Gasteiger partial charge in [-0.1, -0.05) is 31.5 Å². The van der Waals surface area contributed by atoms with Gasteiger partial charge in [-0.15, -0.1) is 0 Å². The van der Waals surface area contributed by atoms with E-state index in [1.54, 1.807) is 18.2 Å². The van der Waals surface area contributed by atoms with E-state index in [-0.39, 0.29) is 22.1 Å². The zero-order chi connectivity index (χ0) is 23.7. The lowest BCUT2D eigenvalue weighted by molar-refractivity contribution is 0.0600. The molecule has 1 fully saturated rings. The molecule has 3 rings (SSSR count). The first-order chi connectivity index (χ1) is 15.9. The number of esters is 1. The van der Waals surface area contributed by atoms with Crippen LogP contribution in [0.2, 0.25) is 0 Å². The summed E-state index contributed by atoms with van der Waals surface area (Å²) in [4.78, 5) is 12.5. The average Bonchev–Trinajstić information content (AvgIpc) is 2.84. The van der Waals surface area contributed by atoms with Crippen molar-refractivity contribution in [3.8, 4) is 11.5 Å². The van der Waals surface area contributed by atoms with E-state index in [1.807, 2.05) is 18.2 Å². The van der Waals surface area contributed by atoms with Gasteiger partial charge in [0.2, 0.25) is 0 Å². The second kappa shape index (κ2) is 12.0. The van der Waals surface area contributed by atoms with Crippen molar-refractivity contribution < 1.29 is 23.2 Å². The summed E-state index contributed by atoms with van der Waals surface area (Å²) < 4.78 is 41.7. The first-order valence-electron chi connectivity index (χ1n) is 11.3. The van der Waals surface area contributed by atoms with Crippen molar-refractivity contribution in [2.24, 2.45) is 5.92 Å². The third kappa shape index (κ3) is 6.93. The van der Waals surface area contributed by atoms with E-state index >= 15 is 0 Å². The van der Waals surface area contributed by atoms with Crippen molar-refractivity contribution in [3.05, 3.63) is 48.0 Å². The molecule has 2 aromatic carbocycles. The van der Waals surface area contributed by atoms with Crippen LogP contribution in [0.5, 0.6) is 11.5 Å². The van der Waals surface area contributed by atoms with Crippen LogP contribution in [0.3, 0.4) is 0 Å². The van der Waals surface area contributed by atoms with Crippen LogP contribution in [0.15, 0.2) is 47.4 Å². The van der Waals surface area contributed by atoms with Gasteiger partial charge in [0.15, 0.2) is 5.75 Å². The summed E-state index contributed by atoms with van der Waals surface area (Å²) in [6.45, 7) is 4.46. The number of anilines is 1. The Labute approximate surface area is 196 Å². The molecule has 8 nitrogen and oxygen atoms in total. The van der Waals surface area contributed by atoms with Gasteiger partial charge in [-0.3, -0.25) is 0 Å². The normalized spacial score (nSPS) is 16.1. The molecular formula is C24H33N3O5S. The van der Waals surface area contributed by atoms with Gasteiger partial charge in [0.25, 0.3) is 0 Å². The summed E-state index contributed by atoms with van der Waals surface area (Å²) in [7, 11) is -2.20. The van der Waals surface area contributed by atoms with Crippen LogP contribution in [-0.2, 0) is 19.4 Å². The lowest BCUT2D eigenvalue weighted by atomic mass is 10.0. The second-order valence-electron chi connectivity index (χ2n) is 8.00. The Balaban J connectivity index is 2.02. The minimum Gasteiger partial charge on any atom is -0.465 e. The molecule has 1 unspecified atom stereocenters. The third-order valence-electron chi connectivity index (χ3n) is 5.51. The van der Waals surface area contributed by atoms with Crippen molar-refractivity contribution in [1.82, 2.24) is 4.72 Å². The van der Waals surface area contributed by atoms with Crippen LogP contribution < -0.4 is 14.8 Å². The molecule has 33 heavy (non-hydrogen) atoms. The molecule has 1 aliphatic rings. The number of benzene rings is 2. The minimum atomic E-state index is -3.49. The molecule has 180 valence electrons. The third-order valence-corrected chi connectivity index (χ3v) is 7.01. The molecule has 0 saturated carbocycles. The Hall–Kier alpha value is -2.62. The summed E-state index contributed by atoms with van der Waals surface area (Å²) in [5.74, 6) is 0.516. The molecule has 1 atom stereocenters. The van der Waals surface area contributed by atoms with Crippen molar-refractivity contribution in [1.29, 1.82) is 4.78 Å². The van der Waals surface area contributed by atoms with E-state index in [4.69, 9.17) is 19.0 Å². The van der Waals surface area contributed by atoms with Crippen LogP contribution in [0, 0.1) is 10.7 Å². The summed E-state index contributed by atoms with van der Waals surface area (Å²) in [5.41, 5.74) is 0.706. The van der Waals surface area contributed by atoms with Gasteiger partial charge in [-0.25, -0.2) is 18.5 Å². The smallest absolute Gasteiger partial charge is 0.337 e. The van der Waals surface area contributed by atoms with Crippen molar-refractivity contribution in [3.63, 3.8) is 0 Å². The standard InChI is InChI=1S/C24H33N3O5S/c1-3-4-12-26-21-15-19(24(28)30-2)16-22(23(21)32-20-8-6-5-7-9-20)33(25,29)27-17-18-10-13-31-14-11-18/h5-9,15-16,18,26H,3-4,10-14,17H2,1-2H3,(H2,25,27,29). The first kappa shape index (κ1) is 25.0. The predicted molar refractivity (Wildman–Crippen MR) is 128 cm³/mol. The van der Waals surface area contributed by atoms with Gasteiger partial charge in [-0.2, -0.15) is 0 Å². The van der Waals surface area contributed by atoms with E-state index in [1.165, 1.54) is 13.2 Å². The topological polar surface area (TPSA) is 110 Å². The summed E-state index contributed by atoms with van der Waals surface area (Å²) >= 11 is 0. The maximum atomic E-state index is 13.7. The molecule has 3 N–H and O–H groups in total. The number of unbranched alkanes of at least 4 members (excludes halogenated alkanes) is 1. The molecule has 1 saturated heterocycles. The maximum absolute atomic E-state index is 13.7. The van der Waals surface area contributed by atoms with Crippen molar-refractivity contribution in [2.45, 2.75) is 37.5 Å². The Morgan fingerprint density at radius 3 is 2.61 bits per heavy atom. The van der Waals surface area contributed by atoms with Gasteiger partial charge in [0.1, 0.15) is 20.6 Å². The van der Waals surface area contributed by atoms with Crippen LogP contribution in [0.4, 0.5) is 5.69 Å². The lowest BCUT2D eigenvalue weighted by Crippen LogP contribution is -2.32. The van der Waals surface area contributed by atoms with E-state index in [2.05, 4.69) is 17.0 Å². The highest BCUT2D eigenvalue weighted by Crippen LogP contribution is 2.38. The molecular weight excluding hydrogens is 442 g/mol. The first-order valence-corrected chi connectivity index (χ1v) is 12.8. The van der Waals surface area contributed by atoms with Gasteiger partial charge in [-0.05, 0) is 49.4 Å². The molecule has 0 aliphatic carbocycles. The fraction of sp³-hybridized carbons (Fsp3) is 0.458. The number of hydrogen-bond donors (Lipinski definition) is 3. The second-order valence-corrected chi connectivity index (χ2v) is 9.84. The van der Waals surface area contributed by atoms with Gasteiger partial charge in [0, 0.05) is 26.3 Å². The van der Waals surface area contributed by atoms with Crippen LogP contribution in [0.25, 0.3) is 0 Å². The van der Waals surface area contributed by atoms with E-state index < -0.39 is 15.9 Å². The highest BCUT2D eigenvalue weighted by molar-refractivity contribution is 7.90. The summed E-state index contributed by atoms with van der Waals surface area (Å²) in [5, 5.41) is 3.29. The number of methoxy groups -OCH3 is 1.